The molecule has 0 aromatic heterocycles. The predicted octanol–water partition coefficient (Wildman–Crippen LogP) is 3.24. The summed E-state index contributed by atoms with van der Waals surface area (Å²) in [5.74, 6) is -0.656. The van der Waals surface area contributed by atoms with E-state index in [2.05, 4.69) is 26.0 Å². The second-order valence-electron chi connectivity index (χ2n) is 4.29. The molecule has 20 heavy (non-hydrogen) atoms. The van der Waals surface area contributed by atoms with Crippen LogP contribution in [0.4, 0.5) is 18.9 Å². The molecule has 8 heteroatoms. The van der Waals surface area contributed by atoms with Gasteiger partial charge in [-0.2, -0.15) is 0 Å². The van der Waals surface area contributed by atoms with Gasteiger partial charge in [-0.05, 0) is 25.1 Å². The number of likely N-dealkylation sites (N-methyl/N-ethyl adjacent to an activating group) is 1. The number of nitrogens with zero attached hydrogens (tertiary/aromatic N) is 1. The quantitative estimate of drug-likeness (QED) is 0.902. The fourth-order valence-corrected chi connectivity index (χ4v) is 1.85. The first kappa shape index (κ1) is 16.6. The fourth-order valence-electron chi connectivity index (χ4n) is 1.51. The second-order valence-corrected chi connectivity index (χ2v) is 5.20. The number of hydrogen-bond donors (Lipinski definition) is 1. The van der Waals surface area contributed by atoms with Crippen LogP contribution in [0, 0.1) is 0 Å². The van der Waals surface area contributed by atoms with Gasteiger partial charge in [0.05, 0.1) is 5.69 Å². The number of benzene rings is 1. The minimum Gasteiger partial charge on any atom is -0.404 e. The maximum Gasteiger partial charge on any atom is 0.573 e. The number of hydrogen-bond acceptors (Lipinski definition) is 3. The number of alkyl halides is 3. The number of rotatable bonds is 4. The van der Waals surface area contributed by atoms with Gasteiger partial charge in [0.2, 0.25) is 5.91 Å². The maximum atomic E-state index is 12.3. The molecule has 4 nitrogen and oxygen atoms in total. The van der Waals surface area contributed by atoms with Crippen molar-refractivity contribution in [3.63, 3.8) is 0 Å². The number of carbonyl (C=O) groups is 1. The third-order valence-corrected chi connectivity index (χ3v) is 2.85. The van der Waals surface area contributed by atoms with Crippen molar-refractivity contribution in [2.45, 2.75) is 19.3 Å². The summed E-state index contributed by atoms with van der Waals surface area (Å²) in [6, 6.07) is 3.47. The van der Waals surface area contributed by atoms with Gasteiger partial charge < -0.3 is 15.0 Å². The minimum atomic E-state index is -4.80. The number of amides is 1. The summed E-state index contributed by atoms with van der Waals surface area (Å²) in [6.07, 6.45) is -4.80. The van der Waals surface area contributed by atoms with Gasteiger partial charge in [-0.3, -0.25) is 4.79 Å². The van der Waals surface area contributed by atoms with Crippen LogP contribution >= 0.6 is 15.9 Å². The highest BCUT2D eigenvalue weighted by atomic mass is 79.9. The standard InChI is InChI=1S/C12H14BrF3N2O2/c1-7(11(19)18(2)3)17-9-5-4-8(13)6-10(9)20-12(14,15)16/h4-7,17H,1-3H3. The number of nitrogens with one attached hydrogen (secondary N) is 1. The number of ether oxygens (including phenoxy) is 1. The molecule has 0 bridgehead atoms. The average molecular weight is 355 g/mol. The Morgan fingerprint density at radius 1 is 1.40 bits per heavy atom. The van der Waals surface area contributed by atoms with E-state index < -0.39 is 18.2 Å². The first-order valence-electron chi connectivity index (χ1n) is 5.63. The Morgan fingerprint density at radius 3 is 2.50 bits per heavy atom. The van der Waals surface area contributed by atoms with Crippen molar-refractivity contribution >= 4 is 27.5 Å². The van der Waals surface area contributed by atoms with Crippen LogP contribution < -0.4 is 10.1 Å². The smallest absolute Gasteiger partial charge is 0.404 e. The Morgan fingerprint density at radius 2 is 2.00 bits per heavy atom. The number of halogens is 4. The van der Waals surface area contributed by atoms with Crippen LogP contribution in [0.5, 0.6) is 5.75 Å². The topological polar surface area (TPSA) is 41.6 Å². The molecule has 1 atom stereocenters. The highest BCUT2D eigenvalue weighted by Crippen LogP contribution is 2.33. The molecule has 0 saturated heterocycles. The van der Waals surface area contributed by atoms with E-state index in [9.17, 15) is 18.0 Å². The average Bonchev–Trinajstić information content (AvgIpc) is 2.29. The van der Waals surface area contributed by atoms with Crippen molar-refractivity contribution in [3.05, 3.63) is 22.7 Å². The Kier molecular flexibility index (Phi) is 5.27. The molecule has 0 saturated carbocycles. The predicted molar refractivity (Wildman–Crippen MR) is 72.6 cm³/mol. The van der Waals surface area contributed by atoms with E-state index in [0.717, 1.165) is 0 Å². The van der Waals surface area contributed by atoms with E-state index in [1.807, 2.05) is 0 Å². The largest absolute Gasteiger partial charge is 0.573 e. The van der Waals surface area contributed by atoms with Crippen LogP contribution in [0.1, 0.15) is 6.92 Å². The van der Waals surface area contributed by atoms with Crippen molar-refractivity contribution in [2.24, 2.45) is 0 Å². The fraction of sp³-hybridized carbons (Fsp3) is 0.417. The maximum absolute atomic E-state index is 12.3. The van der Waals surface area contributed by atoms with Crippen molar-refractivity contribution in [3.8, 4) is 5.75 Å². The molecule has 0 aliphatic heterocycles. The molecular weight excluding hydrogens is 341 g/mol. The van der Waals surface area contributed by atoms with E-state index in [1.165, 1.54) is 17.0 Å². The highest BCUT2D eigenvalue weighted by molar-refractivity contribution is 9.10. The van der Waals surface area contributed by atoms with Gasteiger partial charge in [-0.15, -0.1) is 13.2 Å². The highest BCUT2D eigenvalue weighted by Gasteiger charge is 2.32. The Bertz CT molecular complexity index is 492. The third-order valence-electron chi connectivity index (χ3n) is 2.35. The molecule has 0 radical (unpaired) electrons. The zero-order valence-corrected chi connectivity index (χ0v) is 12.7. The summed E-state index contributed by atoms with van der Waals surface area (Å²) in [5, 5.41) is 2.70. The van der Waals surface area contributed by atoms with Crippen LogP contribution in [0.15, 0.2) is 22.7 Å². The minimum absolute atomic E-state index is 0.0909. The van der Waals surface area contributed by atoms with Gasteiger partial charge >= 0.3 is 6.36 Å². The molecule has 0 spiro atoms. The van der Waals surface area contributed by atoms with Gasteiger partial charge in [0.25, 0.3) is 0 Å². The summed E-state index contributed by atoms with van der Waals surface area (Å²) < 4.78 is 41.4. The van der Waals surface area contributed by atoms with Crippen molar-refractivity contribution in [1.82, 2.24) is 4.90 Å². The van der Waals surface area contributed by atoms with E-state index in [-0.39, 0.29) is 11.6 Å². The molecule has 0 heterocycles. The molecule has 1 aromatic rings. The monoisotopic (exact) mass is 354 g/mol. The second kappa shape index (κ2) is 6.34. The molecule has 112 valence electrons. The van der Waals surface area contributed by atoms with Crippen LogP contribution in [0.3, 0.4) is 0 Å². The number of anilines is 1. The number of carbonyl (C=O) groups excluding carboxylic acids is 1. The van der Waals surface area contributed by atoms with E-state index >= 15 is 0 Å². The van der Waals surface area contributed by atoms with E-state index in [0.29, 0.717) is 4.47 Å². The van der Waals surface area contributed by atoms with Gasteiger partial charge in [-0.1, -0.05) is 15.9 Å². The summed E-state index contributed by atoms with van der Waals surface area (Å²) in [4.78, 5) is 13.0. The van der Waals surface area contributed by atoms with Crippen molar-refractivity contribution < 1.29 is 22.7 Å². The third kappa shape index (κ3) is 4.92. The Hall–Kier alpha value is -1.44. The normalized spacial score (nSPS) is 12.8. The SMILES string of the molecule is CC(Nc1ccc(Br)cc1OC(F)(F)F)C(=O)N(C)C. The first-order chi connectivity index (χ1) is 9.10. The summed E-state index contributed by atoms with van der Waals surface area (Å²) in [7, 11) is 3.13. The van der Waals surface area contributed by atoms with Gasteiger partial charge in [-0.25, -0.2) is 0 Å². The molecule has 0 fully saturated rings. The van der Waals surface area contributed by atoms with Crippen molar-refractivity contribution in [2.75, 3.05) is 19.4 Å². The zero-order valence-electron chi connectivity index (χ0n) is 11.1. The lowest BCUT2D eigenvalue weighted by atomic mass is 10.2. The lowest BCUT2D eigenvalue weighted by Gasteiger charge is -2.21. The van der Waals surface area contributed by atoms with Gasteiger partial charge in [0, 0.05) is 18.6 Å². The van der Waals surface area contributed by atoms with E-state index in [1.54, 1.807) is 27.1 Å². The summed E-state index contributed by atoms with van der Waals surface area (Å²) >= 11 is 3.07. The first-order valence-corrected chi connectivity index (χ1v) is 6.42. The molecule has 1 amide bonds. The van der Waals surface area contributed by atoms with Crippen LogP contribution in [0.2, 0.25) is 0 Å². The van der Waals surface area contributed by atoms with Crippen LogP contribution in [-0.4, -0.2) is 37.3 Å². The lowest BCUT2D eigenvalue weighted by Crippen LogP contribution is -2.36. The lowest BCUT2D eigenvalue weighted by molar-refractivity contribution is -0.274. The van der Waals surface area contributed by atoms with Gasteiger partial charge in [0.1, 0.15) is 6.04 Å². The van der Waals surface area contributed by atoms with E-state index in [4.69, 9.17) is 0 Å². The zero-order chi connectivity index (χ0) is 15.5. The van der Waals surface area contributed by atoms with Crippen molar-refractivity contribution in [1.29, 1.82) is 0 Å². The molecular formula is C12H14BrF3N2O2. The molecule has 1 unspecified atom stereocenters. The summed E-state index contributed by atoms with van der Waals surface area (Å²) in [6.45, 7) is 1.56. The van der Waals surface area contributed by atoms with Gasteiger partial charge in [0.15, 0.2) is 5.75 Å². The molecule has 1 N–H and O–H groups in total. The summed E-state index contributed by atoms with van der Waals surface area (Å²) in [5.41, 5.74) is 0.0909. The molecule has 0 aliphatic rings. The molecule has 1 rings (SSSR count). The Labute approximate surface area is 123 Å². The molecule has 1 aromatic carbocycles. The molecule has 0 aliphatic carbocycles. The van der Waals surface area contributed by atoms with Crippen LogP contribution in [-0.2, 0) is 4.79 Å². The Balaban J connectivity index is 2.97. The van der Waals surface area contributed by atoms with Crippen LogP contribution in [0.25, 0.3) is 0 Å².